The number of thiazole rings is 1. The van der Waals surface area contributed by atoms with Crippen molar-refractivity contribution in [1.29, 1.82) is 0 Å². The molecule has 0 atom stereocenters. The van der Waals surface area contributed by atoms with E-state index in [1.54, 1.807) is 17.5 Å². The van der Waals surface area contributed by atoms with E-state index in [9.17, 15) is 9.18 Å². The van der Waals surface area contributed by atoms with Crippen LogP contribution in [0.1, 0.15) is 10.4 Å². The van der Waals surface area contributed by atoms with Gasteiger partial charge in [-0.3, -0.25) is 10.1 Å². The molecule has 0 unspecified atom stereocenters. The standard InChI is InChI=1S/C17H11Cl2FN2O2S/c1-24-15-5-2-9(6-13(15)20)14-8-25-17(21-14)22-16(23)11-4-3-10(18)7-12(11)19/h2-8H,1H3,(H,21,22,23). The lowest BCUT2D eigenvalue weighted by molar-refractivity contribution is 0.102. The van der Waals surface area contributed by atoms with E-state index in [0.29, 0.717) is 27.0 Å². The molecule has 0 saturated carbocycles. The van der Waals surface area contributed by atoms with E-state index in [1.807, 2.05) is 0 Å². The molecule has 0 saturated heterocycles. The smallest absolute Gasteiger partial charge is 0.258 e. The van der Waals surface area contributed by atoms with Crippen molar-refractivity contribution in [3.63, 3.8) is 0 Å². The summed E-state index contributed by atoms with van der Waals surface area (Å²) < 4.78 is 18.7. The Labute approximate surface area is 157 Å². The molecule has 1 aromatic heterocycles. The summed E-state index contributed by atoms with van der Waals surface area (Å²) in [6, 6.07) is 9.15. The summed E-state index contributed by atoms with van der Waals surface area (Å²) in [5, 5.41) is 5.46. The first-order valence-corrected chi connectivity index (χ1v) is 8.67. The molecular weight excluding hydrogens is 386 g/mol. The molecular formula is C17H11Cl2FN2O2S. The van der Waals surface area contributed by atoms with Gasteiger partial charge >= 0.3 is 0 Å². The summed E-state index contributed by atoms with van der Waals surface area (Å²) in [6.07, 6.45) is 0. The van der Waals surface area contributed by atoms with Gasteiger partial charge in [-0.1, -0.05) is 23.2 Å². The van der Waals surface area contributed by atoms with Gasteiger partial charge in [0.05, 0.1) is 23.4 Å². The Morgan fingerprint density at radius 3 is 2.72 bits per heavy atom. The molecule has 8 heteroatoms. The highest BCUT2D eigenvalue weighted by Gasteiger charge is 2.14. The summed E-state index contributed by atoms with van der Waals surface area (Å²) in [5.74, 6) is -0.722. The number of carbonyl (C=O) groups excluding carboxylic acids is 1. The van der Waals surface area contributed by atoms with Crippen LogP contribution in [0.15, 0.2) is 41.8 Å². The van der Waals surface area contributed by atoms with Crippen LogP contribution >= 0.6 is 34.5 Å². The predicted octanol–water partition coefficient (Wildman–Crippen LogP) is 5.52. The van der Waals surface area contributed by atoms with Crippen molar-refractivity contribution in [2.45, 2.75) is 0 Å². The average molecular weight is 397 g/mol. The summed E-state index contributed by atoms with van der Waals surface area (Å²) in [5.41, 5.74) is 1.42. The number of amides is 1. The van der Waals surface area contributed by atoms with E-state index in [-0.39, 0.29) is 10.8 Å². The van der Waals surface area contributed by atoms with Crippen molar-refractivity contribution >= 4 is 45.6 Å². The maximum Gasteiger partial charge on any atom is 0.258 e. The summed E-state index contributed by atoms with van der Waals surface area (Å²) in [7, 11) is 1.40. The topological polar surface area (TPSA) is 51.2 Å². The molecule has 3 rings (SSSR count). The van der Waals surface area contributed by atoms with Crippen molar-refractivity contribution in [3.05, 3.63) is 63.2 Å². The first-order chi connectivity index (χ1) is 12.0. The van der Waals surface area contributed by atoms with Crippen LogP contribution in [0.2, 0.25) is 10.0 Å². The number of hydrogen-bond acceptors (Lipinski definition) is 4. The van der Waals surface area contributed by atoms with Gasteiger partial charge in [-0.15, -0.1) is 11.3 Å². The highest BCUT2D eigenvalue weighted by molar-refractivity contribution is 7.14. The Hall–Kier alpha value is -2.15. The van der Waals surface area contributed by atoms with Gasteiger partial charge in [0.25, 0.3) is 5.91 Å². The Kier molecular flexibility index (Phi) is 5.22. The fourth-order valence-electron chi connectivity index (χ4n) is 2.13. The summed E-state index contributed by atoms with van der Waals surface area (Å²) in [4.78, 5) is 16.6. The van der Waals surface area contributed by atoms with Gasteiger partial charge in [-0.25, -0.2) is 9.37 Å². The molecule has 0 aliphatic carbocycles. The first kappa shape index (κ1) is 17.7. The molecule has 4 nitrogen and oxygen atoms in total. The second-order valence-electron chi connectivity index (χ2n) is 4.97. The van der Waals surface area contributed by atoms with Gasteiger partial charge < -0.3 is 4.74 Å². The molecule has 0 radical (unpaired) electrons. The Morgan fingerprint density at radius 2 is 2.04 bits per heavy atom. The minimum atomic E-state index is -0.480. The fraction of sp³-hybridized carbons (Fsp3) is 0.0588. The zero-order chi connectivity index (χ0) is 18.0. The second-order valence-corrected chi connectivity index (χ2v) is 6.67. The van der Waals surface area contributed by atoms with Crippen molar-refractivity contribution in [2.75, 3.05) is 12.4 Å². The van der Waals surface area contributed by atoms with Gasteiger partial charge in [-0.05, 0) is 36.4 Å². The third-order valence-electron chi connectivity index (χ3n) is 3.35. The van der Waals surface area contributed by atoms with E-state index in [0.717, 1.165) is 0 Å². The molecule has 0 spiro atoms. The number of anilines is 1. The Balaban J connectivity index is 1.79. The molecule has 1 heterocycles. The lowest BCUT2D eigenvalue weighted by atomic mass is 10.1. The predicted molar refractivity (Wildman–Crippen MR) is 98.5 cm³/mol. The number of carbonyl (C=O) groups is 1. The van der Waals surface area contributed by atoms with Crippen LogP contribution in [0.3, 0.4) is 0 Å². The van der Waals surface area contributed by atoms with E-state index >= 15 is 0 Å². The molecule has 0 bridgehead atoms. The molecule has 1 N–H and O–H groups in total. The van der Waals surface area contributed by atoms with Gasteiger partial charge in [-0.2, -0.15) is 0 Å². The van der Waals surface area contributed by atoms with Crippen LogP contribution in [-0.2, 0) is 0 Å². The number of benzene rings is 2. The number of halogens is 3. The maximum atomic E-state index is 13.8. The van der Waals surface area contributed by atoms with Crippen LogP contribution in [0.25, 0.3) is 11.3 Å². The van der Waals surface area contributed by atoms with E-state index in [1.165, 1.54) is 42.7 Å². The van der Waals surface area contributed by atoms with Crippen molar-refractivity contribution in [1.82, 2.24) is 4.98 Å². The first-order valence-electron chi connectivity index (χ1n) is 7.04. The maximum absolute atomic E-state index is 13.8. The normalized spacial score (nSPS) is 10.6. The van der Waals surface area contributed by atoms with Crippen LogP contribution in [0.5, 0.6) is 5.75 Å². The number of hydrogen-bond donors (Lipinski definition) is 1. The van der Waals surface area contributed by atoms with Crippen molar-refractivity contribution in [2.24, 2.45) is 0 Å². The SMILES string of the molecule is COc1ccc(-c2csc(NC(=O)c3ccc(Cl)cc3Cl)n2)cc1F. The molecule has 0 aliphatic rings. The number of rotatable bonds is 4. The van der Waals surface area contributed by atoms with Crippen LogP contribution in [-0.4, -0.2) is 18.0 Å². The molecule has 0 fully saturated rings. The Bertz CT molecular complexity index is 946. The second kappa shape index (κ2) is 7.39. The highest BCUT2D eigenvalue weighted by Crippen LogP contribution is 2.29. The van der Waals surface area contributed by atoms with Gasteiger partial charge in [0.2, 0.25) is 0 Å². The van der Waals surface area contributed by atoms with Gasteiger partial charge in [0.15, 0.2) is 16.7 Å². The number of nitrogens with zero attached hydrogens (tertiary/aromatic N) is 1. The van der Waals surface area contributed by atoms with Crippen molar-refractivity contribution in [3.8, 4) is 17.0 Å². The third kappa shape index (κ3) is 3.92. The van der Waals surface area contributed by atoms with Crippen molar-refractivity contribution < 1.29 is 13.9 Å². The quantitative estimate of drug-likeness (QED) is 0.631. The molecule has 25 heavy (non-hydrogen) atoms. The van der Waals surface area contributed by atoms with E-state index in [4.69, 9.17) is 27.9 Å². The zero-order valence-corrected chi connectivity index (χ0v) is 15.2. The lowest BCUT2D eigenvalue weighted by Crippen LogP contribution is -2.12. The van der Waals surface area contributed by atoms with E-state index in [2.05, 4.69) is 10.3 Å². The molecule has 3 aromatic rings. The fourth-order valence-corrected chi connectivity index (χ4v) is 3.34. The Morgan fingerprint density at radius 1 is 1.24 bits per heavy atom. The number of methoxy groups -OCH3 is 1. The van der Waals surface area contributed by atoms with Gasteiger partial charge in [0.1, 0.15) is 0 Å². The molecule has 128 valence electrons. The monoisotopic (exact) mass is 396 g/mol. The van der Waals surface area contributed by atoms with Gasteiger partial charge in [0, 0.05) is 16.0 Å². The third-order valence-corrected chi connectivity index (χ3v) is 4.65. The number of ether oxygens (including phenoxy) is 1. The zero-order valence-electron chi connectivity index (χ0n) is 12.8. The summed E-state index contributed by atoms with van der Waals surface area (Å²) in [6.45, 7) is 0. The van der Waals surface area contributed by atoms with Crippen LogP contribution < -0.4 is 10.1 Å². The molecule has 0 aliphatic heterocycles. The minimum Gasteiger partial charge on any atom is -0.494 e. The summed E-state index contributed by atoms with van der Waals surface area (Å²) >= 11 is 13.1. The molecule has 1 amide bonds. The highest BCUT2D eigenvalue weighted by atomic mass is 35.5. The minimum absolute atomic E-state index is 0.157. The number of nitrogens with one attached hydrogen (secondary N) is 1. The van der Waals surface area contributed by atoms with Crippen LogP contribution in [0, 0.1) is 5.82 Å². The average Bonchev–Trinajstić information content (AvgIpc) is 3.03. The van der Waals surface area contributed by atoms with Crippen LogP contribution in [0.4, 0.5) is 9.52 Å². The molecule has 2 aromatic carbocycles. The van der Waals surface area contributed by atoms with E-state index < -0.39 is 11.7 Å². The lowest BCUT2D eigenvalue weighted by Gasteiger charge is -2.04. The number of aromatic nitrogens is 1. The largest absolute Gasteiger partial charge is 0.494 e.